The van der Waals surface area contributed by atoms with Gasteiger partial charge in [-0.2, -0.15) is 0 Å². The van der Waals surface area contributed by atoms with Gasteiger partial charge in [0.25, 0.3) is 0 Å². The summed E-state index contributed by atoms with van der Waals surface area (Å²) in [5, 5.41) is 0. The third-order valence-electron chi connectivity index (χ3n) is 3.13. The van der Waals surface area contributed by atoms with Crippen LogP contribution in [0.25, 0.3) is 0 Å². The van der Waals surface area contributed by atoms with E-state index in [1.165, 1.54) is 0 Å². The molecule has 0 aliphatic heterocycles. The van der Waals surface area contributed by atoms with Crippen LogP contribution in [-0.2, 0) is 24.7 Å². The van der Waals surface area contributed by atoms with Crippen molar-refractivity contribution in [1.29, 1.82) is 0 Å². The van der Waals surface area contributed by atoms with Crippen LogP contribution in [-0.4, -0.2) is 22.0 Å². The molecule has 0 bridgehead atoms. The number of hydrogen-bond acceptors (Lipinski definition) is 2. The van der Waals surface area contributed by atoms with Gasteiger partial charge in [-0.25, -0.2) is 0 Å². The van der Waals surface area contributed by atoms with Gasteiger partial charge in [0.05, 0.1) is 0 Å². The summed E-state index contributed by atoms with van der Waals surface area (Å²) in [7, 11) is -1.70. The van der Waals surface area contributed by atoms with Gasteiger partial charge in [0.2, 0.25) is 0 Å². The summed E-state index contributed by atoms with van der Waals surface area (Å²) in [4.78, 5) is 0. The second-order valence-corrected chi connectivity index (χ2v) is 16.7. The first kappa shape index (κ1) is 21.5. The third kappa shape index (κ3) is 7.54. The van der Waals surface area contributed by atoms with E-state index in [2.05, 4.69) is 20.8 Å². The van der Waals surface area contributed by atoms with Crippen molar-refractivity contribution in [2.75, 3.05) is 0 Å². The van der Waals surface area contributed by atoms with Crippen LogP contribution in [0.15, 0.2) is 0 Å². The van der Waals surface area contributed by atoms with Crippen molar-refractivity contribution in [2.45, 2.75) is 52.6 Å². The van der Waals surface area contributed by atoms with Gasteiger partial charge in [-0.3, -0.25) is 0 Å². The first-order chi connectivity index (χ1) is 8.52. The molecule has 0 heterocycles. The Bertz CT molecular complexity index is 244. The van der Waals surface area contributed by atoms with Gasteiger partial charge in [-0.1, -0.05) is 0 Å². The van der Waals surface area contributed by atoms with Gasteiger partial charge in [0, 0.05) is 0 Å². The van der Waals surface area contributed by atoms with Crippen molar-refractivity contribution in [3.05, 3.63) is 0 Å². The fourth-order valence-electron chi connectivity index (χ4n) is 1.66. The van der Waals surface area contributed by atoms with Gasteiger partial charge in [-0.05, 0) is 0 Å². The fourth-order valence-corrected chi connectivity index (χ4v) is 14.5. The summed E-state index contributed by atoms with van der Waals surface area (Å²) in [5.41, 5.74) is 0. The molecule has 0 rings (SSSR count). The van der Waals surface area contributed by atoms with Crippen LogP contribution < -0.4 is 0 Å². The molecular weight excluding hydrogens is 446 g/mol. The number of rotatable bonds is 7. The molecular formula is C9H16Cl6O2SiZn. The summed E-state index contributed by atoms with van der Waals surface area (Å²) in [6, 6.07) is 3.09. The molecule has 19 heavy (non-hydrogen) atoms. The van der Waals surface area contributed by atoms with Gasteiger partial charge < -0.3 is 0 Å². The maximum absolute atomic E-state index is 6.05. The molecule has 10 heteroatoms. The summed E-state index contributed by atoms with van der Waals surface area (Å²) >= 11 is 32.8. The Hall–Kier alpha value is 2.50. The zero-order valence-electron chi connectivity index (χ0n) is 11.0. The predicted octanol–water partition coefficient (Wildman–Crippen LogP) is 6.05. The van der Waals surface area contributed by atoms with E-state index in [0.29, 0.717) is 0 Å². The standard InChI is InChI=1S/C6H15OSi.C3HCl6O.Zn/c1-4-8(7,5-2)6-3;4-2(5,6)1(10)3(7,8)9;/h4-6H2,1-3H3;1H;/q2*-1;+2. The number of alkyl halides is 6. The topological polar surface area (TPSA) is 18.5 Å². The van der Waals surface area contributed by atoms with Crippen molar-refractivity contribution in [3.63, 3.8) is 0 Å². The van der Waals surface area contributed by atoms with Gasteiger partial charge in [-0.15, -0.1) is 0 Å². The van der Waals surface area contributed by atoms with E-state index in [4.69, 9.17) is 76.4 Å². The minimum atomic E-state index is -1.84. The van der Waals surface area contributed by atoms with E-state index < -0.39 is 39.9 Å². The Kier molecular flexibility index (Phi) is 10.1. The van der Waals surface area contributed by atoms with Gasteiger partial charge >= 0.3 is 155 Å². The Balaban J connectivity index is 4.59. The van der Waals surface area contributed by atoms with Crippen LogP contribution >= 0.6 is 69.6 Å². The van der Waals surface area contributed by atoms with Crippen LogP contribution in [0.5, 0.6) is 0 Å². The average Bonchev–Trinajstić information content (AvgIpc) is 2.27. The van der Waals surface area contributed by atoms with Crippen molar-refractivity contribution < 1.29 is 24.7 Å². The molecule has 112 valence electrons. The maximum atomic E-state index is 6.05. The summed E-state index contributed by atoms with van der Waals surface area (Å²) in [5.74, 6) is 0. The van der Waals surface area contributed by atoms with E-state index in [9.17, 15) is 0 Å². The molecule has 2 nitrogen and oxygen atoms in total. The normalized spacial score (nSPS) is 13.8. The van der Waals surface area contributed by atoms with E-state index in [0.717, 1.165) is 18.1 Å². The number of hydrogen-bond donors (Lipinski definition) is 0. The first-order valence-electron chi connectivity index (χ1n) is 5.91. The molecule has 0 radical (unpaired) electrons. The van der Waals surface area contributed by atoms with Crippen LogP contribution in [0.3, 0.4) is 0 Å². The fraction of sp³-hybridized carbons (Fsp3) is 1.00. The zero-order chi connectivity index (χ0) is 15.3. The van der Waals surface area contributed by atoms with Crippen LogP contribution in [0.2, 0.25) is 18.1 Å². The molecule has 0 spiro atoms. The molecule has 0 aliphatic carbocycles. The molecule has 0 N–H and O–H groups in total. The Morgan fingerprint density at radius 3 is 1.53 bits per heavy atom. The second kappa shape index (κ2) is 8.96. The van der Waals surface area contributed by atoms with Crippen molar-refractivity contribution in [3.8, 4) is 0 Å². The van der Waals surface area contributed by atoms with Crippen molar-refractivity contribution >= 4 is 77.9 Å². The predicted molar refractivity (Wildman–Crippen MR) is 83.7 cm³/mol. The molecule has 0 amide bonds. The molecule has 0 unspecified atom stereocenters. The number of halogens is 6. The third-order valence-corrected chi connectivity index (χ3v) is 14.5. The molecule has 0 aliphatic rings. The summed E-state index contributed by atoms with van der Waals surface area (Å²) in [6.45, 7) is 6.38. The minimum absolute atomic E-state index is 1.03. The molecule has 0 atom stereocenters. The monoisotopic (exact) mass is 458 g/mol. The quantitative estimate of drug-likeness (QED) is 0.339. The van der Waals surface area contributed by atoms with Crippen LogP contribution in [0, 0.1) is 0 Å². The van der Waals surface area contributed by atoms with Crippen molar-refractivity contribution in [1.82, 2.24) is 0 Å². The first-order valence-corrected chi connectivity index (χ1v) is 13.1. The van der Waals surface area contributed by atoms with Crippen molar-refractivity contribution in [2.24, 2.45) is 0 Å². The van der Waals surface area contributed by atoms with E-state index >= 15 is 0 Å². The van der Waals surface area contributed by atoms with E-state index in [1.54, 1.807) is 0 Å². The summed E-state index contributed by atoms with van der Waals surface area (Å²) < 4.78 is 8.00. The van der Waals surface area contributed by atoms with Gasteiger partial charge in [0.1, 0.15) is 0 Å². The second-order valence-electron chi connectivity index (χ2n) is 4.14. The van der Waals surface area contributed by atoms with E-state index in [-0.39, 0.29) is 0 Å². The van der Waals surface area contributed by atoms with E-state index in [1.807, 2.05) is 0 Å². The molecule has 0 aromatic rings. The zero-order valence-corrected chi connectivity index (χ0v) is 19.5. The molecule has 0 saturated heterocycles. The van der Waals surface area contributed by atoms with Crippen LogP contribution in [0.1, 0.15) is 20.8 Å². The average molecular weight is 462 g/mol. The Morgan fingerprint density at radius 2 is 1.26 bits per heavy atom. The Morgan fingerprint density at radius 1 is 0.895 bits per heavy atom. The van der Waals surface area contributed by atoms with Crippen LogP contribution in [0.4, 0.5) is 0 Å². The molecule has 0 saturated carbocycles. The SMILES string of the molecule is CC[Si](CC)(CC)[O][Zn][O]C(C(Cl)(Cl)Cl)C(Cl)(Cl)Cl. The summed E-state index contributed by atoms with van der Waals surface area (Å²) in [6.07, 6.45) is -1.12. The molecule has 0 aromatic carbocycles. The molecule has 0 fully saturated rings. The van der Waals surface area contributed by atoms with Gasteiger partial charge in [0.15, 0.2) is 0 Å². The Labute approximate surface area is 154 Å². The molecule has 0 aromatic heterocycles.